The molecule has 0 radical (unpaired) electrons. The Bertz CT molecular complexity index is 440. The monoisotopic (exact) mass is 267 g/mol. The van der Waals surface area contributed by atoms with Crippen LogP contribution in [0.25, 0.3) is 0 Å². The van der Waals surface area contributed by atoms with Crippen LogP contribution >= 0.6 is 0 Å². The lowest BCUT2D eigenvalue weighted by Gasteiger charge is -2.27. The molecule has 19 heavy (non-hydrogen) atoms. The number of methoxy groups -OCH3 is 1. The van der Waals surface area contributed by atoms with Gasteiger partial charge in [0.15, 0.2) is 0 Å². The Kier molecular flexibility index (Phi) is 4.06. The quantitative estimate of drug-likeness (QED) is 0.765. The average Bonchev–Trinajstić information content (AvgIpc) is 2.68. The summed E-state index contributed by atoms with van der Waals surface area (Å²) in [6, 6.07) is 1.96. The summed E-state index contributed by atoms with van der Waals surface area (Å²) < 4.78 is 5.11. The van der Waals surface area contributed by atoms with Gasteiger partial charge in [0.25, 0.3) is 0 Å². The fourth-order valence-corrected chi connectivity index (χ4v) is 2.45. The molecule has 0 spiro atoms. The van der Waals surface area contributed by atoms with Crippen LogP contribution in [-0.4, -0.2) is 66.4 Å². The lowest BCUT2D eigenvalue weighted by Crippen LogP contribution is -2.38. The Morgan fingerprint density at radius 3 is 2.89 bits per heavy atom. The van der Waals surface area contributed by atoms with E-state index < -0.39 is 0 Å². The summed E-state index contributed by atoms with van der Waals surface area (Å²) >= 11 is 0. The first-order valence-electron chi connectivity index (χ1n) is 6.27. The summed E-state index contributed by atoms with van der Waals surface area (Å²) in [7, 11) is 5.57. The third kappa shape index (κ3) is 3.24. The van der Waals surface area contributed by atoms with Crippen molar-refractivity contribution < 1.29 is 9.84 Å². The maximum Gasteiger partial charge on any atom is 0.225 e. The number of ether oxygens (including phenoxy) is 1. The zero-order valence-corrected chi connectivity index (χ0v) is 11.6. The highest BCUT2D eigenvalue weighted by Crippen LogP contribution is 2.27. The maximum absolute atomic E-state index is 9.87. The van der Waals surface area contributed by atoms with Crippen LogP contribution in [-0.2, 0) is 0 Å². The lowest BCUT2D eigenvalue weighted by molar-refractivity contribution is 0.191. The van der Waals surface area contributed by atoms with E-state index in [1.54, 1.807) is 13.2 Å². The number of aromatic nitrogens is 2. The highest BCUT2D eigenvalue weighted by Gasteiger charge is 2.32. The number of aliphatic hydroxyl groups is 1. The molecule has 2 rings (SSSR count). The fourth-order valence-electron chi connectivity index (χ4n) is 2.45. The van der Waals surface area contributed by atoms with Gasteiger partial charge in [0.2, 0.25) is 11.8 Å². The Balaban J connectivity index is 2.25. The Labute approximate surface area is 113 Å². The molecule has 2 atom stereocenters. The second-order valence-corrected chi connectivity index (χ2v) is 5.08. The summed E-state index contributed by atoms with van der Waals surface area (Å²) in [4.78, 5) is 12.4. The predicted octanol–water partition coefficient (Wildman–Crippen LogP) is -0.431. The molecular weight excluding hydrogens is 246 g/mol. The van der Waals surface area contributed by atoms with Crippen molar-refractivity contribution in [1.82, 2.24) is 14.9 Å². The third-order valence-corrected chi connectivity index (χ3v) is 3.18. The van der Waals surface area contributed by atoms with Crippen molar-refractivity contribution in [1.29, 1.82) is 0 Å². The van der Waals surface area contributed by atoms with Crippen LogP contribution in [0.3, 0.4) is 0 Å². The van der Waals surface area contributed by atoms with E-state index in [2.05, 4.69) is 19.8 Å². The van der Waals surface area contributed by atoms with Gasteiger partial charge in [-0.25, -0.2) is 0 Å². The van der Waals surface area contributed by atoms with E-state index >= 15 is 0 Å². The van der Waals surface area contributed by atoms with Crippen LogP contribution in [0.5, 0.6) is 5.88 Å². The minimum Gasteiger partial charge on any atom is -0.481 e. The van der Waals surface area contributed by atoms with Crippen LogP contribution < -0.4 is 15.4 Å². The van der Waals surface area contributed by atoms with Gasteiger partial charge in [0, 0.05) is 25.2 Å². The van der Waals surface area contributed by atoms with Crippen molar-refractivity contribution in [2.45, 2.75) is 18.6 Å². The van der Waals surface area contributed by atoms with Crippen molar-refractivity contribution >= 4 is 11.8 Å². The number of nitrogen functional groups attached to an aromatic ring is 1. The first-order chi connectivity index (χ1) is 8.99. The number of rotatable bonds is 4. The molecule has 0 aliphatic carbocycles. The number of hydrogen-bond donors (Lipinski definition) is 2. The van der Waals surface area contributed by atoms with Gasteiger partial charge in [-0.2, -0.15) is 9.97 Å². The fraction of sp³-hybridized carbons (Fsp3) is 0.667. The predicted molar refractivity (Wildman–Crippen MR) is 73.3 cm³/mol. The summed E-state index contributed by atoms with van der Waals surface area (Å²) in [5.74, 6) is 1.32. The molecule has 1 aromatic heterocycles. The number of β-amino-alcohol motifs (C(OH)–C–C–N with tert-alkyl or cyclic N) is 1. The molecule has 0 aromatic carbocycles. The van der Waals surface area contributed by atoms with Crippen LogP contribution in [0.4, 0.5) is 11.8 Å². The summed E-state index contributed by atoms with van der Waals surface area (Å²) in [5.41, 5.74) is 5.68. The topological polar surface area (TPSA) is 87.7 Å². The van der Waals surface area contributed by atoms with Gasteiger partial charge in [-0.15, -0.1) is 0 Å². The molecule has 1 aliphatic heterocycles. The van der Waals surface area contributed by atoms with Crippen LogP contribution in [0.15, 0.2) is 6.07 Å². The van der Waals surface area contributed by atoms with Gasteiger partial charge >= 0.3 is 0 Å². The third-order valence-electron chi connectivity index (χ3n) is 3.18. The Morgan fingerprint density at radius 1 is 1.53 bits per heavy atom. The number of anilines is 2. The van der Waals surface area contributed by atoms with Crippen LogP contribution in [0.1, 0.15) is 6.42 Å². The SMILES string of the molecule is COc1cc(N2CC(O)CC2CN(C)C)nc(N)n1. The molecular formula is C12H21N5O2. The van der Waals surface area contributed by atoms with E-state index in [0.29, 0.717) is 18.2 Å². The zero-order valence-electron chi connectivity index (χ0n) is 11.6. The average molecular weight is 267 g/mol. The normalized spacial score (nSPS) is 23.1. The van der Waals surface area contributed by atoms with Crippen molar-refractivity contribution in [2.75, 3.05) is 44.9 Å². The Morgan fingerprint density at radius 2 is 2.26 bits per heavy atom. The number of nitrogens with two attached hydrogens (primary N) is 1. The van der Waals surface area contributed by atoms with Crippen molar-refractivity contribution in [3.8, 4) is 5.88 Å². The lowest BCUT2D eigenvalue weighted by atomic mass is 10.2. The molecule has 0 bridgehead atoms. The van der Waals surface area contributed by atoms with Gasteiger partial charge in [-0.3, -0.25) is 0 Å². The minimum atomic E-state index is -0.341. The molecule has 7 heteroatoms. The summed E-state index contributed by atoms with van der Waals surface area (Å²) in [5, 5.41) is 9.87. The van der Waals surface area contributed by atoms with Crippen molar-refractivity contribution in [3.05, 3.63) is 6.07 Å². The van der Waals surface area contributed by atoms with E-state index in [9.17, 15) is 5.11 Å². The molecule has 106 valence electrons. The molecule has 0 saturated carbocycles. The highest BCUT2D eigenvalue weighted by molar-refractivity contribution is 5.47. The first kappa shape index (κ1) is 13.8. The smallest absolute Gasteiger partial charge is 0.225 e. The molecule has 2 heterocycles. The number of likely N-dealkylation sites (N-methyl/N-ethyl adjacent to an activating group) is 1. The van der Waals surface area contributed by atoms with Crippen LogP contribution in [0, 0.1) is 0 Å². The number of hydrogen-bond acceptors (Lipinski definition) is 7. The van der Waals surface area contributed by atoms with Gasteiger partial charge in [0.05, 0.1) is 13.2 Å². The number of nitrogens with zero attached hydrogens (tertiary/aromatic N) is 4. The first-order valence-corrected chi connectivity index (χ1v) is 6.27. The van der Waals surface area contributed by atoms with E-state index in [4.69, 9.17) is 10.5 Å². The van der Waals surface area contributed by atoms with Gasteiger partial charge in [-0.1, -0.05) is 0 Å². The Hall–Kier alpha value is -1.60. The molecule has 1 aromatic rings. The number of aliphatic hydroxyl groups excluding tert-OH is 1. The molecule has 1 aliphatic rings. The molecule has 0 amide bonds. The zero-order chi connectivity index (χ0) is 14.0. The summed E-state index contributed by atoms with van der Waals surface area (Å²) in [6.45, 7) is 1.40. The van der Waals surface area contributed by atoms with E-state index in [1.165, 1.54) is 0 Å². The molecule has 1 fully saturated rings. The van der Waals surface area contributed by atoms with E-state index in [0.717, 1.165) is 13.0 Å². The second kappa shape index (κ2) is 5.58. The van der Waals surface area contributed by atoms with Crippen LogP contribution in [0.2, 0.25) is 0 Å². The largest absolute Gasteiger partial charge is 0.481 e. The summed E-state index contributed by atoms with van der Waals surface area (Å²) in [6.07, 6.45) is 0.386. The van der Waals surface area contributed by atoms with Gasteiger partial charge in [0.1, 0.15) is 5.82 Å². The van der Waals surface area contributed by atoms with Gasteiger partial charge < -0.3 is 25.4 Å². The highest BCUT2D eigenvalue weighted by atomic mass is 16.5. The standard InChI is InChI=1S/C12H21N5O2/c1-16(2)6-8-4-9(18)7-17(8)10-5-11(19-3)15-12(13)14-10/h5,8-9,18H,4,6-7H2,1-3H3,(H2,13,14,15). The van der Waals surface area contributed by atoms with Crippen molar-refractivity contribution in [3.63, 3.8) is 0 Å². The van der Waals surface area contributed by atoms with E-state index in [-0.39, 0.29) is 18.1 Å². The molecule has 1 saturated heterocycles. The van der Waals surface area contributed by atoms with E-state index in [1.807, 2.05) is 14.1 Å². The van der Waals surface area contributed by atoms with Crippen molar-refractivity contribution in [2.24, 2.45) is 0 Å². The molecule has 3 N–H and O–H groups in total. The second-order valence-electron chi connectivity index (χ2n) is 5.08. The maximum atomic E-state index is 9.87. The molecule has 2 unspecified atom stereocenters. The molecule has 7 nitrogen and oxygen atoms in total. The minimum absolute atomic E-state index is 0.180. The van der Waals surface area contributed by atoms with Gasteiger partial charge in [-0.05, 0) is 20.5 Å².